The van der Waals surface area contributed by atoms with E-state index < -0.39 is 0 Å². The van der Waals surface area contributed by atoms with Gasteiger partial charge in [-0.3, -0.25) is 0 Å². The Kier molecular flexibility index (Phi) is 34.6. The largest absolute Gasteiger partial charge is 0.123 e. The second kappa shape index (κ2) is 34.3. The molecule has 0 saturated carbocycles. The molecule has 1 heteroatoms. The third-order valence-corrected chi connectivity index (χ3v) is 8.93. The normalized spacial score (nSPS) is 12.4. The Hall–Kier alpha value is 0.290. The predicted molar refractivity (Wildman–Crippen MR) is 173 cm³/mol. The molecule has 0 aromatic heterocycles. The van der Waals surface area contributed by atoms with Crippen molar-refractivity contribution in [1.82, 2.24) is 0 Å². The molecule has 0 aliphatic carbocycles. The molecule has 0 radical (unpaired) electrons. The van der Waals surface area contributed by atoms with Crippen molar-refractivity contribution in [2.75, 3.05) is 0 Å². The summed E-state index contributed by atoms with van der Waals surface area (Å²) in [5.74, 6) is 0. The van der Waals surface area contributed by atoms with Gasteiger partial charge in [-0.05, 0) is 12.8 Å². The van der Waals surface area contributed by atoms with Gasteiger partial charge in [0.15, 0.2) is 0 Å². The zero-order valence-electron chi connectivity index (χ0n) is 26.3. The van der Waals surface area contributed by atoms with E-state index in [-0.39, 0.29) is 0 Å². The van der Waals surface area contributed by atoms with Crippen molar-refractivity contribution in [3.8, 4) is 0 Å². The predicted octanol–water partition coefficient (Wildman–Crippen LogP) is 14.5. The molecule has 0 saturated heterocycles. The van der Waals surface area contributed by atoms with Crippen LogP contribution in [-0.2, 0) is 0 Å². The van der Waals surface area contributed by atoms with Gasteiger partial charge in [0.2, 0.25) is 0 Å². The van der Waals surface area contributed by atoms with Crippen LogP contribution in [0, 0.1) is 0 Å². The molecule has 224 valence electrons. The lowest BCUT2D eigenvalue weighted by Crippen LogP contribution is -1.98. The first kappa shape index (κ1) is 37.3. The number of alkyl halides is 1. The van der Waals surface area contributed by atoms with E-state index >= 15 is 0 Å². The van der Waals surface area contributed by atoms with Gasteiger partial charge in [0.05, 0.1) is 0 Å². The molecule has 0 spiro atoms. The molecule has 0 aliphatic heterocycles. The van der Waals surface area contributed by atoms with E-state index in [0.29, 0.717) is 5.38 Å². The number of hydrogen-bond donors (Lipinski definition) is 0. The van der Waals surface area contributed by atoms with E-state index in [4.69, 9.17) is 11.6 Å². The van der Waals surface area contributed by atoms with Gasteiger partial charge in [-0.2, -0.15) is 0 Å². The summed E-state index contributed by atoms with van der Waals surface area (Å²) in [4.78, 5) is 0. The Balaban J connectivity index is 3.13. The van der Waals surface area contributed by atoms with Crippen molar-refractivity contribution >= 4 is 11.6 Å². The van der Waals surface area contributed by atoms with Crippen LogP contribution < -0.4 is 0 Å². The Labute approximate surface area is 242 Å². The Bertz CT molecular complexity index is 379. The monoisotopic (exact) mass is 541 g/mol. The first-order valence-corrected chi connectivity index (χ1v) is 18.4. The molecule has 0 bridgehead atoms. The lowest BCUT2D eigenvalue weighted by atomic mass is 10.0. The molecule has 0 amide bonds. The van der Waals surface area contributed by atoms with Crippen molar-refractivity contribution in [3.63, 3.8) is 0 Å². The first-order valence-electron chi connectivity index (χ1n) is 17.9. The van der Waals surface area contributed by atoms with Crippen LogP contribution >= 0.6 is 11.6 Å². The highest BCUT2D eigenvalue weighted by molar-refractivity contribution is 6.20. The average Bonchev–Trinajstić information content (AvgIpc) is 2.90. The smallest absolute Gasteiger partial charge is 0.0336 e. The Morgan fingerprint density at radius 2 is 0.432 bits per heavy atom. The van der Waals surface area contributed by atoms with E-state index in [1.54, 1.807) is 0 Å². The zero-order valence-corrected chi connectivity index (χ0v) is 27.0. The van der Waals surface area contributed by atoms with Crippen molar-refractivity contribution < 1.29 is 0 Å². The van der Waals surface area contributed by atoms with Crippen LogP contribution in [0.3, 0.4) is 0 Å². The summed E-state index contributed by atoms with van der Waals surface area (Å²) in [6.07, 6.45) is 47.3. The molecule has 0 rings (SSSR count). The van der Waals surface area contributed by atoms with E-state index in [2.05, 4.69) is 13.8 Å². The second-order valence-electron chi connectivity index (χ2n) is 12.4. The minimum Gasteiger partial charge on any atom is -0.123 e. The summed E-state index contributed by atoms with van der Waals surface area (Å²) in [7, 11) is 0. The molecule has 0 nitrogen and oxygen atoms in total. The number of rotatable bonds is 33. The molecular weight excluding hydrogens is 468 g/mol. The fourth-order valence-electron chi connectivity index (χ4n) is 5.80. The zero-order chi connectivity index (χ0) is 26.9. The maximum Gasteiger partial charge on any atom is 0.0336 e. The molecule has 0 fully saturated rings. The third kappa shape index (κ3) is 34.3. The van der Waals surface area contributed by atoms with Crippen LogP contribution in [0.4, 0.5) is 0 Å². The molecule has 1 atom stereocenters. The van der Waals surface area contributed by atoms with Gasteiger partial charge >= 0.3 is 0 Å². The van der Waals surface area contributed by atoms with Crippen molar-refractivity contribution in [2.24, 2.45) is 0 Å². The topological polar surface area (TPSA) is 0 Å². The molecule has 0 aliphatic rings. The number of halogens is 1. The van der Waals surface area contributed by atoms with E-state index in [0.717, 1.165) is 0 Å². The van der Waals surface area contributed by atoms with Gasteiger partial charge in [-0.15, -0.1) is 11.6 Å². The van der Waals surface area contributed by atoms with Gasteiger partial charge < -0.3 is 0 Å². The standard InChI is InChI=1S/C36H73Cl/c1-3-5-7-9-11-13-15-17-19-21-23-25-27-29-31-33-35-36(37)34-32-30-28-26-24-22-20-18-16-14-12-10-8-6-4-2/h36H,3-35H2,1-2H3. The van der Waals surface area contributed by atoms with Gasteiger partial charge in [-0.1, -0.05) is 213 Å². The van der Waals surface area contributed by atoms with E-state index in [9.17, 15) is 0 Å². The first-order chi connectivity index (χ1) is 18.3. The van der Waals surface area contributed by atoms with E-state index in [1.807, 2.05) is 0 Å². The molecule has 37 heavy (non-hydrogen) atoms. The van der Waals surface area contributed by atoms with Gasteiger partial charge in [-0.25, -0.2) is 0 Å². The summed E-state index contributed by atoms with van der Waals surface area (Å²) in [5.41, 5.74) is 0. The minimum absolute atomic E-state index is 0.439. The highest BCUT2D eigenvalue weighted by Gasteiger charge is 2.04. The highest BCUT2D eigenvalue weighted by atomic mass is 35.5. The highest BCUT2D eigenvalue weighted by Crippen LogP contribution is 2.19. The van der Waals surface area contributed by atoms with Crippen LogP contribution in [0.2, 0.25) is 0 Å². The molecule has 0 aromatic carbocycles. The minimum atomic E-state index is 0.439. The second-order valence-corrected chi connectivity index (χ2v) is 13.0. The van der Waals surface area contributed by atoms with Crippen molar-refractivity contribution in [3.05, 3.63) is 0 Å². The van der Waals surface area contributed by atoms with Crippen LogP contribution in [0.1, 0.15) is 226 Å². The summed E-state index contributed by atoms with van der Waals surface area (Å²) in [6.45, 7) is 4.61. The Morgan fingerprint density at radius 1 is 0.270 bits per heavy atom. The van der Waals surface area contributed by atoms with Gasteiger partial charge in [0, 0.05) is 5.38 Å². The molecule has 0 heterocycles. The van der Waals surface area contributed by atoms with Crippen molar-refractivity contribution in [1.29, 1.82) is 0 Å². The number of unbranched alkanes of at least 4 members (excludes halogenated alkanes) is 29. The molecular formula is C36H73Cl. The van der Waals surface area contributed by atoms with E-state index in [1.165, 1.54) is 212 Å². The van der Waals surface area contributed by atoms with Crippen molar-refractivity contribution in [2.45, 2.75) is 231 Å². The van der Waals surface area contributed by atoms with Crippen LogP contribution in [0.5, 0.6) is 0 Å². The maximum absolute atomic E-state index is 6.60. The van der Waals surface area contributed by atoms with Gasteiger partial charge in [0.1, 0.15) is 0 Å². The molecule has 0 aromatic rings. The number of hydrogen-bond acceptors (Lipinski definition) is 0. The summed E-state index contributed by atoms with van der Waals surface area (Å²) in [5, 5.41) is 0.439. The quantitative estimate of drug-likeness (QED) is 0.0573. The molecule has 1 unspecified atom stereocenters. The lowest BCUT2D eigenvalue weighted by Gasteiger charge is -2.09. The van der Waals surface area contributed by atoms with Crippen LogP contribution in [-0.4, -0.2) is 5.38 Å². The van der Waals surface area contributed by atoms with Crippen LogP contribution in [0.15, 0.2) is 0 Å². The van der Waals surface area contributed by atoms with Crippen LogP contribution in [0.25, 0.3) is 0 Å². The summed E-state index contributed by atoms with van der Waals surface area (Å²) < 4.78 is 0. The summed E-state index contributed by atoms with van der Waals surface area (Å²) in [6, 6.07) is 0. The SMILES string of the molecule is CCCCCCCCCCCCCCCCCCC(Cl)CCCCCCCCCCCCCCCCC. The maximum atomic E-state index is 6.60. The average molecular weight is 541 g/mol. The molecule has 0 N–H and O–H groups in total. The fourth-order valence-corrected chi connectivity index (χ4v) is 6.10. The Morgan fingerprint density at radius 3 is 0.622 bits per heavy atom. The lowest BCUT2D eigenvalue weighted by molar-refractivity contribution is 0.513. The fraction of sp³-hybridized carbons (Fsp3) is 1.00. The van der Waals surface area contributed by atoms with Gasteiger partial charge in [0.25, 0.3) is 0 Å². The third-order valence-electron chi connectivity index (χ3n) is 8.49. The summed E-state index contributed by atoms with van der Waals surface area (Å²) >= 11 is 6.60.